The van der Waals surface area contributed by atoms with E-state index >= 15 is 0 Å². The van der Waals surface area contributed by atoms with Crippen LogP contribution in [0.4, 0.5) is 4.79 Å². The molecule has 0 aromatic heterocycles. The van der Waals surface area contributed by atoms with Crippen LogP contribution in [0.15, 0.2) is 42.1 Å². The van der Waals surface area contributed by atoms with Gasteiger partial charge in [-0.2, -0.15) is 0 Å². The molecule has 1 rings (SSSR count). The fourth-order valence-electron chi connectivity index (χ4n) is 2.52. The third-order valence-electron chi connectivity index (χ3n) is 4.01. The summed E-state index contributed by atoms with van der Waals surface area (Å²) >= 11 is 0. The van der Waals surface area contributed by atoms with E-state index in [-0.39, 0.29) is 18.1 Å². The lowest BCUT2D eigenvalue weighted by Gasteiger charge is -2.35. The SMILES string of the molecule is C=C([C@@H](NC(=O)OC(C)(C)C)C(C)C)[Si](C)(C)c1ccccc1. The highest BCUT2D eigenvalue weighted by Crippen LogP contribution is 2.22. The fourth-order valence-corrected chi connectivity index (χ4v) is 5.10. The second kappa shape index (κ2) is 7.34. The molecule has 1 aromatic rings. The van der Waals surface area contributed by atoms with E-state index in [0.717, 1.165) is 5.20 Å². The lowest BCUT2D eigenvalue weighted by Crippen LogP contribution is -2.53. The van der Waals surface area contributed by atoms with E-state index in [1.807, 2.05) is 26.8 Å². The number of carbonyl (C=O) groups is 1. The van der Waals surface area contributed by atoms with Gasteiger partial charge >= 0.3 is 6.09 Å². The normalized spacial score (nSPS) is 13.6. The van der Waals surface area contributed by atoms with Gasteiger partial charge in [0.15, 0.2) is 0 Å². The average molecular weight is 334 g/mol. The van der Waals surface area contributed by atoms with Crippen LogP contribution < -0.4 is 10.5 Å². The van der Waals surface area contributed by atoms with Crippen LogP contribution in [0, 0.1) is 5.92 Å². The van der Waals surface area contributed by atoms with Gasteiger partial charge in [-0.05, 0) is 26.7 Å². The van der Waals surface area contributed by atoms with Crippen molar-refractivity contribution in [1.29, 1.82) is 0 Å². The van der Waals surface area contributed by atoms with E-state index in [2.05, 4.69) is 63.1 Å². The number of alkyl carbamates (subject to hydrolysis) is 1. The van der Waals surface area contributed by atoms with Crippen LogP contribution in [0.2, 0.25) is 13.1 Å². The number of ether oxygens (including phenoxy) is 1. The fraction of sp³-hybridized carbons (Fsp3) is 0.526. The molecule has 0 fully saturated rings. The van der Waals surface area contributed by atoms with Crippen LogP contribution in [0.1, 0.15) is 34.6 Å². The summed E-state index contributed by atoms with van der Waals surface area (Å²) in [5, 5.41) is 5.46. The molecule has 0 radical (unpaired) electrons. The summed E-state index contributed by atoms with van der Waals surface area (Å²) in [5.41, 5.74) is -0.501. The largest absolute Gasteiger partial charge is 0.444 e. The van der Waals surface area contributed by atoms with Crippen molar-refractivity contribution in [2.75, 3.05) is 0 Å². The summed E-state index contributed by atoms with van der Waals surface area (Å²) in [7, 11) is -1.90. The molecule has 1 atom stereocenters. The summed E-state index contributed by atoms with van der Waals surface area (Å²) in [6.07, 6.45) is -0.379. The molecule has 1 amide bonds. The van der Waals surface area contributed by atoms with Crippen molar-refractivity contribution in [1.82, 2.24) is 5.32 Å². The molecule has 0 spiro atoms. The highest BCUT2D eigenvalue weighted by atomic mass is 28.3. The van der Waals surface area contributed by atoms with E-state index in [0.29, 0.717) is 0 Å². The van der Waals surface area contributed by atoms with Crippen LogP contribution >= 0.6 is 0 Å². The maximum atomic E-state index is 12.2. The van der Waals surface area contributed by atoms with Gasteiger partial charge < -0.3 is 10.1 Å². The predicted molar refractivity (Wildman–Crippen MR) is 101 cm³/mol. The van der Waals surface area contributed by atoms with Crippen LogP contribution in [0.25, 0.3) is 0 Å². The molecule has 0 saturated carbocycles. The summed E-state index contributed by atoms with van der Waals surface area (Å²) in [6.45, 7) is 18.7. The number of nitrogens with one attached hydrogen (secondary N) is 1. The summed E-state index contributed by atoms with van der Waals surface area (Å²) in [5.74, 6) is 0.255. The highest BCUT2D eigenvalue weighted by molar-refractivity contribution is 6.95. The molecule has 1 aromatic carbocycles. The van der Waals surface area contributed by atoms with Gasteiger partial charge in [-0.1, -0.05) is 67.7 Å². The van der Waals surface area contributed by atoms with Gasteiger partial charge in [-0.15, -0.1) is 6.58 Å². The molecule has 1 N–H and O–H groups in total. The molecule has 0 aliphatic carbocycles. The second-order valence-corrected chi connectivity index (χ2v) is 12.4. The van der Waals surface area contributed by atoms with Gasteiger partial charge in [0, 0.05) is 0 Å². The van der Waals surface area contributed by atoms with E-state index in [4.69, 9.17) is 4.74 Å². The Morgan fingerprint density at radius 1 is 1.17 bits per heavy atom. The molecule has 0 bridgehead atoms. The molecule has 4 heteroatoms. The Labute approximate surface area is 142 Å². The lowest BCUT2D eigenvalue weighted by molar-refractivity contribution is 0.0502. The molecule has 23 heavy (non-hydrogen) atoms. The Hall–Kier alpha value is -1.55. The zero-order valence-corrected chi connectivity index (χ0v) is 16.6. The van der Waals surface area contributed by atoms with Crippen molar-refractivity contribution < 1.29 is 9.53 Å². The summed E-state index contributed by atoms with van der Waals surface area (Å²) in [6, 6.07) is 10.4. The number of rotatable bonds is 5. The quantitative estimate of drug-likeness (QED) is 0.818. The molecule has 0 aliphatic rings. The Balaban J connectivity index is 2.97. The zero-order valence-electron chi connectivity index (χ0n) is 15.6. The van der Waals surface area contributed by atoms with Gasteiger partial charge in [0.1, 0.15) is 13.7 Å². The molecule has 3 nitrogen and oxygen atoms in total. The number of benzene rings is 1. The standard InChI is InChI=1S/C19H31NO2Si/c1-14(2)17(20-18(21)22-19(4,5)6)15(3)23(7,8)16-12-10-9-11-13-16/h9-14,17H,3H2,1-2,4-8H3,(H,20,21)/t17-/m0/s1. The smallest absolute Gasteiger partial charge is 0.408 e. The number of amides is 1. The Morgan fingerprint density at radius 2 is 1.70 bits per heavy atom. The first kappa shape index (κ1) is 19.5. The molecule has 0 unspecified atom stereocenters. The minimum absolute atomic E-state index is 0.0910. The molecule has 0 saturated heterocycles. The Kier molecular flexibility index (Phi) is 6.23. The van der Waals surface area contributed by atoms with E-state index in [1.165, 1.54) is 5.19 Å². The van der Waals surface area contributed by atoms with Crippen molar-refractivity contribution in [3.05, 3.63) is 42.1 Å². The lowest BCUT2D eigenvalue weighted by atomic mass is 10.0. The van der Waals surface area contributed by atoms with Gasteiger partial charge in [-0.3, -0.25) is 0 Å². The van der Waals surface area contributed by atoms with Crippen molar-refractivity contribution in [2.24, 2.45) is 5.92 Å². The Bertz CT molecular complexity index is 544. The van der Waals surface area contributed by atoms with Crippen molar-refractivity contribution >= 4 is 19.4 Å². The Morgan fingerprint density at radius 3 is 2.13 bits per heavy atom. The number of carbonyl (C=O) groups excluding carboxylic acids is 1. The third kappa shape index (κ3) is 5.54. The topological polar surface area (TPSA) is 38.3 Å². The molecular formula is C19H31NO2Si. The van der Waals surface area contributed by atoms with Gasteiger partial charge in [0.05, 0.1) is 6.04 Å². The van der Waals surface area contributed by atoms with Crippen molar-refractivity contribution in [3.8, 4) is 0 Å². The predicted octanol–water partition coefficient (Wildman–Crippen LogP) is 4.25. The van der Waals surface area contributed by atoms with Gasteiger partial charge in [0.25, 0.3) is 0 Å². The van der Waals surface area contributed by atoms with Crippen molar-refractivity contribution in [3.63, 3.8) is 0 Å². The van der Waals surface area contributed by atoms with E-state index < -0.39 is 13.7 Å². The average Bonchev–Trinajstić information content (AvgIpc) is 2.42. The molecular weight excluding hydrogens is 302 g/mol. The minimum Gasteiger partial charge on any atom is -0.444 e. The number of hydrogen-bond donors (Lipinski definition) is 1. The molecule has 0 heterocycles. The first-order valence-electron chi connectivity index (χ1n) is 8.19. The van der Waals surface area contributed by atoms with Gasteiger partial charge in [0.2, 0.25) is 0 Å². The van der Waals surface area contributed by atoms with Crippen LogP contribution in [-0.2, 0) is 4.74 Å². The minimum atomic E-state index is -1.90. The maximum Gasteiger partial charge on any atom is 0.408 e. The maximum absolute atomic E-state index is 12.2. The third-order valence-corrected chi connectivity index (χ3v) is 7.71. The highest BCUT2D eigenvalue weighted by Gasteiger charge is 2.34. The number of hydrogen-bond acceptors (Lipinski definition) is 2. The van der Waals surface area contributed by atoms with Crippen LogP contribution in [-0.4, -0.2) is 25.8 Å². The zero-order chi connectivity index (χ0) is 17.8. The first-order chi connectivity index (χ1) is 10.4. The second-order valence-electron chi connectivity index (χ2n) is 7.88. The van der Waals surface area contributed by atoms with E-state index in [1.54, 1.807) is 0 Å². The molecule has 128 valence electrons. The monoisotopic (exact) mass is 333 g/mol. The van der Waals surface area contributed by atoms with Gasteiger partial charge in [-0.25, -0.2) is 4.79 Å². The molecule has 0 aliphatic heterocycles. The van der Waals surface area contributed by atoms with Crippen LogP contribution in [0.5, 0.6) is 0 Å². The van der Waals surface area contributed by atoms with Crippen LogP contribution in [0.3, 0.4) is 0 Å². The first-order valence-corrected chi connectivity index (χ1v) is 11.2. The van der Waals surface area contributed by atoms with Crippen molar-refractivity contribution in [2.45, 2.75) is 59.4 Å². The summed E-state index contributed by atoms with van der Waals surface area (Å²) < 4.78 is 5.41. The van der Waals surface area contributed by atoms with E-state index in [9.17, 15) is 4.79 Å². The summed E-state index contributed by atoms with van der Waals surface area (Å²) in [4.78, 5) is 12.2.